The second-order valence-corrected chi connectivity index (χ2v) is 4.77. The molecular formula is C10H18N2OS. The molecule has 2 unspecified atom stereocenters. The Labute approximate surface area is 89.2 Å². The quantitative estimate of drug-likeness (QED) is 0.784. The molecule has 3 nitrogen and oxygen atoms in total. The third-order valence-electron chi connectivity index (χ3n) is 2.16. The minimum atomic E-state index is 0.232. The standard InChI is InChI=1S/C10H18N2OS/c1-7(5-13)4-11-8(2)10-6-14-9(3)12-10/h6-8,11,13H,4-5H2,1-3H3. The number of aliphatic hydroxyl groups excluding tert-OH is 1. The molecular weight excluding hydrogens is 196 g/mol. The molecule has 80 valence electrons. The molecule has 0 spiro atoms. The van der Waals surface area contributed by atoms with Crippen LogP contribution in [0, 0.1) is 12.8 Å². The lowest BCUT2D eigenvalue weighted by molar-refractivity contribution is 0.230. The number of rotatable bonds is 5. The molecule has 1 heterocycles. The van der Waals surface area contributed by atoms with E-state index in [4.69, 9.17) is 5.11 Å². The molecule has 0 aliphatic rings. The summed E-state index contributed by atoms with van der Waals surface area (Å²) >= 11 is 1.67. The van der Waals surface area contributed by atoms with Gasteiger partial charge in [0.1, 0.15) is 0 Å². The van der Waals surface area contributed by atoms with E-state index in [1.165, 1.54) is 0 Å². The summed E-state index contributed by atoms with van der Waals surface area (Å²) in [6, 6.07) is 0.272. The van der Waals surface area contributed by atoms with Crippen LogP contribution in [0.4, 0.5) is 0 Å². The van der Waals surface area contributed by atoms with Crippen molar-refractivity contribution < 1.29 is 5.11 Å². The van der Waals surface area contributed by atoms with E-state index in [0.29, 0.717) is 5.92 Å². The number of nitrogens with zero attached hydrogens (tertiary/aromatic N) is 1. The van der Waals surface area contributed by atoms with Crippen molar-refractivity contribution in [3.05, 3.63) is 16.1 Å². The van der Waals surface area contributed by atoms with Gasteiger partial charge in [-0.15, -0.1) is 11.3 Å². The molecule has 0 saturated heterocycles. The smallest absolute Gasteiger partial charge is 0.0898 e. The van der Waals surface area contributed by atoms with Crippen LogP contribution in [0.3, 0.4) is 0 Å². The lowest BCUT2D eigenvalue weighted by atomic mass is 10.2. The zero-order valence-electron chi connectivity index (χ0n) is 8.95. The average Bonchev–Trinajstić information content (AvgIpc) is 2.60. The van der Waals surface area contributed by atoms with Crippen LogP contribution in [0.25, 0.3) is 0 Å². The van der Waals surface area contributed by atoms with Gasteiger partial charge >= 0.3 is 0 Å². The van der Waals surface area contributed by atoms with Gasteiger partial charge < -0.3 is 10.4 Å². The zero-order chi connectivity index (χ0) is 10.6. The first-order chi connectivity index (χ1) is 6.63. The molecule has 0 saturated carbocycles. The van der Waals surface area contributed by atoms with Crippen molar-refractivity contribution in [1.82, 2.24) is 10.3 Å². The largest absolute Gasteiger partial charge is 0.396 e. The molecule has 0 aromatic carbocycles. The predicted molar refractivity (Wildman–Crippen MR) is 59.5 cm³/mol. The molecule has 4 heteroatoms. The second-order valence-electron chi connectivity index (χ2n) is 3.71. The third kappa shape index (κ3) is 3.36. The summed E-state index contributed by atoms with van der Waals surface area (Å²) in [4.78, 5) is 4.41. The maximum Gasteiger partial charge on any atom is 0.0898 e. The highest BCUT2D eigenvalue weighted by molar-refractivity contribution is 7.09. The number of hydrogen-bond donors (Lipinski definition) is 2. The summed E-state index contributed by atoms with van der Waals surface area (Å²) in [7, 11) is 0. The van der Waals surface area contributed by atoms with Gasteiger partial charge in [-0.05, 0) is 19.8 Å². The summed E-state index contributed by atoms with van der Waals surface area (Å²) in [6.45, 7) is 7.19. The van der Waals surface area contributed by atoms with Crippen molar-refractivity contribution in [3.63, 3.8) is 0 Å². The highest BCUT2D eigenvalue weighted by Gasteiger charge is 2.09. The minimum absolute atomic E-state index is 0.232. The molecule has 1 aromatic heterocycles. The van der Waals surface area contributed by atoms with Crippen LogP contribution in [-0.4, -0.2) is 23.2 Å². The SMILES string of the molecule is Cc1nc(C(C)NCC(C)CO)cs1. The van der Waals surface area contributed by atoms with Gasteiger partial charge in [-0.25, -0.2) is 4.98 Å². The lowest BCUT2D eigenvalue weighted by Crippen LogP contribution is -2.26. The van der Waals surface area contributed by atoms with Crippen LogP contribution >= 0.6 is 11.3 Å². The van der Waals surface area contributed by atoms with Crippen molar-refractivity contribution in [2.45, 2.75) is 26.8 Å². The number of hydrogen-bond acceptors (Lipinski definition) is 4. The first-order valence-electron chi connectivity index (χ1n) is 4.89. The molecule has 0 aliphatic heterocycles. The fourth-order valence-corrected chi connectivity index (χ4v) is 1.83. The van der Waals surface area contributed by atoms with Crippen molar-refractivity contribution >= 4 is 11.3 Å². The van der Waals surface area contributed by atoms with Crippen molar-refractivity contribution in [1.29, 1.82) is 0 Å². The van der Waals surface area contributed by atoms with E-state index in [1.54, 1.807) is 11.3 Å². The maximum atomic E-state index is 8.87. The van der Waals surface area contributed by atoms with Crippen LogP contribution < -0.4 is 5.32 Å². The van der Waals surface area contributed by atoms with E-state index in [2.05, 4.69) is 22.6 Å². The van der Waals surface area contributed by atoms with Gasteiger partial charge in [0.05, 0.1) is 10.7 Å². The third-order valence-corrected chi connectivity index (χ3v) is 2.96. The Bertz CT molecular complexity index is 275. The Morgan fingerprint density at radius 3 is 2.79 bits per heavy atom. The van der Waals surface area contributed by atoms with Crippen LogP contribution in [0.15, 0.2) is 5.38 Å². The lowest BCUT2D eigenvalue weighted by Gasteiger charge is -2.14. The molecule has 1 rings (SSSR count). The molecule has 2 atom stereocenters. The zero-order valence-corrected chi connectivity index (χ0v) is 9.77. The van der Waals surface area contributed by atoms with Gasteiger partial charge in [-0.2, -0.15) is 0 Å². The highest BCUT2D eigenvalue weighted by Crippen LogP contribution is 2.15. The van der Waals surface area contributed by atoms with Crippen LogP contribution in [0.5, 0.6) is 0 Å². The molecule has 1 aromatic rings. The monoisotopic (exact) mass is 214 g/mol. The molecule has 2 N–H and O–H groups in total. The summed E-state index contributed by atoms with van der Waals surface area (Å²) in [5, 5.41) is 15.4. The average molecular weight is 214 g/mol. The van der Waals surface area contributed by atoms with E-state index in [-0.39, 0.29) is 12.6 Å². The van der Waals surface area contributed by atoms with E-state index in [0.717, 1.165) is 17.2 Å². The van der Waals surface area contributed by atoms with Gasteiger partial charge in [0, 0.05) is 24.6 Å². The molecule has 0 amide bonds. The predicted octanol–water partition coefficient (Wildman–Crippen LogP) is 1.73. The van der Waals surface area contributed by atoms with E-state index in [1.807, 2.05) is 13.8 Å². The molecule has 14 heavy (non-hydrogen) atoms. The van der Waals surface area contributed by atoms with Gasteiger partial charge in [-0.1, -0.05) is 6.92 Å². The first kappa shape index (κ1) is 11.6. The number of aromatic nitrogens is 1. The molecule has 0 aliphatic carbocycles. The Kier molecular flexibility index (Phi) is 4.51. The minimum Gasteiger partial charge on any atom is -0.396 e. The highest BCUT2D eigenvalue weighted by atomic mass is 32.1. The topological polar surface area (TPSA) is 45.2 Å². The number of thiazole rings is 1. The van der Waals surface area contributed by atoms with Crippen LogP contribution in [-0.2, 0) is 0 Å². The Hall–Kier alpha value is -0.450. The first-order valence-corrected chi connectivity index (χ1v) is 5.77. The van der Waals surface area contributed by atoms with Gasteiger partial charge in [0.2, 0.25) is 0 Å². The Morgan fingerprint density at radius 1 is 1.57 bits per heavy atom. The number of nitrogens with one attached hydrogen (secondary N) is 1. The molecule has 0 bridgehead atoms. The normalized spacial score (nSPS) is 15.4. The van der Waals surface area contributed by atoms with E-state index < -0.39 is 0 Å². The molecule has 0 radical (unpaired) electrons. The maximum absolute atomic E-state index is 8.87. The van der Waals surface area contributed by atoms with E-state index in [9.17, 15) is 0 Å². The van der Waals surface area contributed by atoms with Crippen LogP contribution in [0.2, 0.25) is 0 Å². The Balaban J connectivity index is 2.39. The van der Waals surface area contributed by atoms with Crippen LogP contribution in [0.1, 0.15) is 30.6 Å². The number of aryl methyl sites for hydroxylation is 1. The van der Waals surface area contributed by atoms with Gasteiger partial charge in [0.25, 0.3) is 0 Å². The van der Waals surface area contributed by atoms with E-state index >= 15 is 0 Å². The Morgan fingerprint density at radius 2 is 2.29 bits per heavy atom. The summed E-state index contributed by atoms with van der Waals surface area (Å²) in [6.07, 6.45) is 0. The van der Waals surface area contributed by atoms with Crippen molar-refractivity contribution in [2.75, 3.05) is 13.2 Å². The fourth-order valence-electron chi connectivity index (χ4n) is 1.13. The second kappa shape index (κ2) is 5.44. The molecule has 0 fully saturated rings. The summed E-state index contributed by atoms with van der Waals surface area (Å²) in [5.41, 5.74) is 1.10. The number of aliphatic hydroxyl groups is 1. The van der Waals surface area contributed by atoms with Gasteiger partial charge in [-0.3, -0.25) is 0 Å². The fraction of sp³-hybridized carbons (Fsp3) is 0.700. The van der Waals surface area contributed by atoms with Crippen molar-refractivity contribution in [2.24, 2.45) is 5.92 Å². The van der Waals surface area contributed by atoms with Gasteiger partial charge in [0.15, 0.2) is 0 Å². The summed E-state index contributed by atoms with van der Waals surface area (Å²) in [5.74, 6) is 0.303. The van der Waals surface area contributed by atoms with Crippen molar-refractivity contribution in [3.8, 4) is 0 Å². The summed E-state index contributed by atoms with van der Waals surface area (Å²) < 4.78 is 0.